The van der Waals surface area contributed by atoms with Gasteiger partial charge in [-0.3, -0.25) is 4.79 Å². The summed E-state index contributed by atoms with van der Waals surface area (Å²) in [4.78, 5) is 21.4. The van der Waals surface area contributed by atoms with E-state index in [1.165, 1.54) is 12.7 Å². The number of benzene rings is 2. The molecule has 1 amide bonds. The molecule has 5 rings (SSSR count). The molecule has 36 heavy (non-hydrogen) atoms. The number of carbonyl (C=O) groups is 1. The van der Waals surface area contributed by atoms with Crippen molar-refractivity contribution in [2.24, 2.45) is 0 Å². The summed E-state index contributed by atoms with van der Waals surface area (Å²) in [7, 11) is 0. The third kappa shape index (κ3) is 5.45. The van der Waals surface area contributed by atoms with E-state index in [0.717, 1.165) is 42.4 Å². The van der Waals surface area contributed by atoms with E-state index in [-0.39, 0.29) is 18.6 Å². The summed E-state index contributed by atoms with van der Waals surface area (Å²) in [5, 5.41) is 16.2. The van der Waals surface area contributed by atoms with Crippen molar-refractivity contribution in [3.05, 3.63) is 71.6 Å². The minimum atomic E-state index is -0.0832. The van der Waals surface area contributed by atoms with Crippen molar-refractivity contribution in [3.8, 4) is 11.5 Å². The van der Waals surface area contributed by atoms with E-state index >= 15 is 0 Å². The number of amides is 1. The molecule has 1 saturated carbocycles. The molecule has 0 spiro atoms. The predicted octanol–water partition coefficient (Wildman–Crippen LogP) is 5.68. The van der Waals surface area contributed by atoms with Gasteiger partial charge in [0.2, 0.25) is 0 Å². The SMILES string of the molecule is O=C(NC1CCCCC1)c1cccc(Oc2ccc(Nc3ncnc4ccn(CCO)c34)cc2Cl)c1. The van der Waals surface area contributed by atoms with Gasteiger partial charge in [0, 0.05) is 30.0 Å². The van der Waals surface area contributed by atoms with Gasteiger partial charge in [-0.15, -0.1) is 0 Å². The number of nitrogens with zero attached hydrogens (tertiary/aromatic N) is 3. The summed E-state index contributed by atoms with van der Waals surface area (Å²) in [6.07, 6.45) is 8.99. The van der Waals surface area contributed by atoms with Crippen molar-refractivity contribution in [1.82, 2.24) is 19.9 Å². The number of carbonyl (C=O) groups excluding carboxylic acids is 1. The highest BCUT2D eigenvalue weighted by Crippen LogP contribution is 2.33. The molecule has 1 fully saturated rings. The number of aliphatic hydroxyl groups excluding tert-OH is 1. The van der Waals surface area contributed by atoms with Crippen LogP contribution in [0.3, 0.4) is 0 Å². The van der Waals surface area contributed by atoms with Crippen LogP contribution >= 0.6 is 11.6 Å². The van der Waals surface area contributed by atoms with E-state index in [2.05, 4.69) is 20.6 Å². The maximum Gasteiger partial charge on any atom is 0.251 e. The quantitative estimate of drug-likeness (QED) is 0.285. The Kier molecular flexibility index (Phi) is 7.34. The fourth-order valence-corrected chi connectivity index (χ4v) is 4.78. The average molecular weight is 506 g/mol. The highest BCUT2D eigenvalue weighted by atomic mass is 35.5. The minimum absolute atomic E-state index is 0.0133. The van der Waals surface area contributed by atoms with Crippen LogP contribution in [-0.2, 0) is 6.54 Å². The molecule has 2 aromatic heterocycles. The normalized spacial score (nSPS) is 14.1. The van der Waals surface area contributed by atoms with Gasteiger partial charge in [0.1, 0.15) is 23.3 Å². The van der Waals surface area contributed by atoms with Gasteiger partial charge in [-0.25, -0.2) is 9.97 Å². The Morgan fingerprint density at radius 3 is 2.78 bits per heavy atom. The van der Waals surface area contributed by atoms with E-state index < -0.39 is 0 Å². The number of aliphatic hydroxyl groups is 1. The summed E-state index contributed by atoms with van der Waals surface area (Å²) >= 11 is 6.54. The Morgan fingerprint density at radius 2 is 1.97 bits per heavy atom. The van der Waals surface area contributed by atoms with Crippen LogP contribution in [0.25, 0.3) is 11.0 Å². The monoisotopic (exact) mass is 505 g/mol. The Hall–Kier alpha value is -3.62. The Bertz CT molecular complexity index is 1370. The number of hydrogen-bond acceptors (Lipinski definition) is 6. The molecule has 2 aromatic carbocycles. The van der Waals surface area contributed by atoms with E-state index in [1.807, 2.05) is 22.9 Å². The summed E-state index contributed by atoms with van der Waals surface area (Å²) < 4.78 is 7.90. The van der Waals surface area contributed by atoms with Crippen LogP contribution in [0.2, 0.25) is 5.02 Å². The third-order valence-corrected chi connectivity index (χ3v) is 6.65. The first kappa shape index (κ1) is 24.1. The molecule has 3 N–H and O–H groups in total. The predicted molar refractivity (Wildman–Crippen MR) is 140 cm³/mol. The van der Waals surface area contributed by atoms with Crippen molar-refractivity contribution >= 4 is 40.0 Å². The molecule has 8 nitrogen and oxygen atoms in total. The number of aromatic nitrogens is 3. The van der Waals surface area contributed by atoms with Gasteiger partial charge in [0.15, 0.2) is 5.82 Å². The average Bonchev–Trinajstić information content (AvgIpc) is 3.31. The van der Waals surface area contributed by atoms with Crippen molar-refractivity contribution < 1.29 is 14.6 Å². The molecule has 0 saturated heterocycles. The largest absolute Gasteiger partial charge is 0.456 e. The van der Waals surface area contributed by atoms with Crippen LogP contribution in [-0.4, -0.2) is 38.2 Å². The second-order valence-corrected chi connectivity index (χ2v) is 9.30. The molecule has 186 valence electrons. The van der Waals surface area contributed by atoms with Gasteiger partial charge in [0.25, 0.3) is 5.91 Å². The highest BCUT2D eigenvalue weighted by Gasteiger charge is 2.17. The lowest BCUT2D eigenvalue weighted by molar-refractivity contribution is 0.0927. The molecular weight excluding hydrogens is 478 g/mol. The number of hydrogen-bond donors (Lipinski definition) is 3. The summed E-state index contributed by atoms with van der Waals surface area (Å²) in [6.45, 7) is 0.455. The van der Waals surface area contributed by atoms with E-state index in [1.54, 1.807) is 36.4 Å². The standard InChI is InChI=1S/C27H28ClN5O3/c28-22-16-20(31-26-25-23(29-17-30-26)11-12-33(25)13-14-34)9-10-24(22)36-21-8-4-5-18(15-21)27(35)32-19-6-2-1-3-7-19/h4-5,8-12,15-17,19,34H,1-3,6-7,13-14H2,(H,32,35)(H,29,30,31). The molecule has 0 radical (unpaired) electrons. The van der Waals surface area contributed by atoms with Crippen molar-refractivity contribution in [3.63, 3.8) is 0 Å². The fourth-order valence-electron chi connectivity index (χ4n) is 4.56. The van der Waals surface area contributed by atoms with Crippen LogP contribution in [0.5, 0.6) is 11.5 Å². The zero-order valence-electron chi connectivity index (χ0n) is 19.8. The topological polar surface area (TPSA) is 101 Å². The Morgan fingerprint density at radius 1 is 1.11 bits per heavy atom. The zero-order chi connectivity index (χ0) is 24.9. The molecule has 0 unspecified atom stereocenters. The molecule has 0 bridgehead atoms. The summed E-state index contributed by atoms with van der Waals surface area (Å²) in [5.74, 6) is 1.54. The molecule has 9 heteroatoms. The lowest BCUT2D eigenvalue weighted by atomic mass is 9.95. The van der Waals surface area contributed by atoms with Crippen LogP contribution in [0, 0.1) is 0 Å². The van der Waals surface area contributed by atoms with Crippen molar-refractivity contribution in [2.75, 3.05) is 11.9 Å². The fraction of sp³-hybridized carbons (Fsp3) is 0.296. The molecule has 0 atom stereocenters. The van der Waals surface area contributed by atoms with Crippen LogP contribution < -0.4 is 15.4 Å². The van der Waals surface area contributed by atoms with Gasteiger partial charge >= 0.3 is 0 Å². The molecule has 0 aliphatic heterocycles. The van der Waals surface area contributed by atoms with Gasteiger partial charge in [-0.05, 0) is 55.3 Å². The number of halogens is 1. The first-order valence-corrected chi connectivity index (χ1v) is 12.5. The van der Waals surface area contributed by atoms with Crippen molar-refractivity contribution in [1.29, 1.82) is 0 Å². The molecule has 4 aromatic rings. The number of rotatable bonds is 8. The molecule has 1 aliphatic rings. The maximum absolute atomic E-state index is 12.7. The number of anilines is 2. The van der Waals surface area contributed by atoms with Crippen LogP contribution in [0.4, 0.5) is 11.5 Å². The smallest absolute Gasteiger partial charge is 0.251 e. The van der Waals surface area contributed by atoms with Gasteiger partial charge in [-0.2, -0.15) is 0 Å². The highest BCUT2D eigenvalue weighted by molar-refractivity contribution is 6.32. The van der Waals surface area contributed by atoms with Gasteiger partial charge in [-0.1, -0.05) is 36.9 Å². The molecular formula is C27H28ClN5O3. The Balaban J connectivity index is 1.29. The third-order valence-electron chi connectivity index (χ3n) is 6.35. The lowest BCUT2D eigenvalue weighted by Crippen LogP contribution is -2.36. The van der Waals surface area contributed by atoms with Gasteiger partial charge in [0.05, 0.1) is 17.1 Å². The summed E-state index contributed by atoms with van der Waals surface area (Å²) in [6, 6.07) is 14.6. The van der Waals surface area contributed by atoms with Crippen LogP contribution in [0.1, 0.15) is 42.5 Å². The second kappa shape index (κ2) is 11.0. The first-order chi connectivity index (χ1) is 17.6. The van der Waals surface area contributed by atoms with E-state index in [0.29, 0.717) is 34.4 Å². The number of fused-ring (bicyclic) bond motifs is 1. The zero-order valence-corrected chi connectivity index (χ0v) is 20.5. The maximum atomic E-state index is 12.7. The molecule has 2 heterocycles. The van der Waals surface area contributed by atoms with E-state index in [4.69, 9.17) is 16.3 Å². The van der Waals surface area contributed by atoms with E-state index in [9.17, 15) is 9.90 Å². The Labute approximate surface area is 214 Å². The second-order valence-electron chi connectivity index (χ2n) is 8.90. The first-order valence-electron chi connectivity index (χ1n) is 12.2. The number of nitrogens with one attached hydrogen (secondary N) is 2. The number of ether oxygens (including phenoxy) is 1. The minimum Gasteiger partial charge on any atom is -0.456 e. The lowest BCUT2D eigenvalue weighted by Gasteiger charge is -2.22. The molecule has 1 aliphatic carbocycles. The van der Waals surface area contributed by atoms with Crippen LogP contribution in [0.15, 0.2) is 61.1 Å². The van der Waals surface area contributed by atoms with Gasteiger partial charge < -0.3 is 25.0 Å². The summed E-state index contributed by atoms with van der Waals surface area (Å²) in [5.41, 5.74) is 2.86. The van der Waals surface area contributed by atoms with Crippen molar-refractivity contribution in [2.45, 2.75) is 44.7 Å².